The molecule has 6 nitrogen and oxygen atoms in total. The van der Waals surface area contributed by atoms with Crippen molar-refractivity contribution in [2.45, 2.75) is 27.2 Å². The van der Waals surface area contributed by atoms with Gasteiger partial charge in [-0.05, 0) is 72.9 Å². The Morgan fingerprint density at radius 1 is 1.07 bits per heavy atom. The smallest absolute Gasteiger partial charge is 0.159 e. The van der Waals surface area contributed by atoms with Gasteiger partial charge in [-0.3, -0.25) is 10.1 Å². The van der Waals surface area contributed by atoms with Crippen LogP contribution in [0.1, 0.15) is 32.8 Å². The van der Waals surface area contributed by atoms with Crippen LogP contribution in [0.3, 0.4) is 0 Å². The molecule has 0 radical (unpaired) electrons. The van der Waals surface area contributed by atoms with Crippen molar-refractivity contribution in [1.82, 2.24) is 30.5 Å². The number of pyridine rings is 1. The highest BCUT2D eigenvalue weighted by atomic mass is 19.1. The van der Waals surface area contributed by atoms with Gasteiger partial charge in [-0.15, -0.1) is 0 Å². The van der Waals surface area contributed by atoms with E-state index in [4.69, 9.17) is 4.98 Å². The second kappa shape index (κ2) is 11.1. The molecule has 3 heterocycles. The second-order valence-corrected chi connectivity index (χ2v) is 10.00. The number of rotatable bonds is 9. The summed E-state index contributed by atoms with van der Waals surface area (Å²) in [5, 5.41) is 11.8. The van der Waals surface area contributed by atoms with Crippen molar-refractivity contribution >= 4 is 27.5 Å². The van der Waals surface area contributed by atoms with E-state index in [1.807, 2.05) is 37.3 Å². The lowest BCUT2D eigenvalue weighted by Crippen LogP contribution is -2.12. The van der Waals surface area contributed by atoms with Crippen LogP contribution >= 0.6 is 0 Å². The van der Waals surface area contributed by atoms with Gasteiger partial charge in [-0.1, -0.05) is 39.1 Å². The summed E-state index contributed by atoms with van der Waals surface area (Å²) in [4.78, 5) is 12.2. The highest BCUT2D eigenvalue weighted by Gasteiger charge is 2.18. The van der Waals surface area contributed by atoms with Gasteiger partial charge in [0.25, 0.3) is 0 Å². The molecular weight excluding hydrogens is 506 g/mol. The predicted octanol–water partition coefficient (Wildman–Crippen LogP) is 8.07. The maximum absolute atomic E-state index is 14.6. The third-order valence-corrected chi connectivity index (χ3v) is 6.55. The molecule has 3 aromatic heterocycles. The normalized spacial score (nSPS) is 12.4. The number of benzene rings is 2. The summed E-state index contributed by atoms with van der Waals surface area (Å²) in [5.74, 6) is -0.112. The van der Waals surface area contributed by atoms with Crippen LogP contribution in [0.25, 0.3) is 50.2 Å². The number of allylic oxidation sites excluding steroid dienone is 5. The van der Waals surface area contributed by atoms with Crippen LogP contribution in [0.15, 0.2) is 91.6 Å². The van der Waals surface area contributed by atoms with E-state index in [2.05, 4.69) is 52.5 Å². The Labute approximate surface area is 231 Å². The van der Waals surface area contributed by atoms with Crippen LogP contribution in [-0.2, 0) is 0 Å². The molecule has 0 fully saturated rings. The number of hydrogen-bond donors (Lipinski definition) is 3. The molecule has 0 atom stereocenters. The van der Waals surface area contributed by atoms with Crippen LogP contribution in [-0.4, -0.2) is 25.1 Å². The van der Waals surface area contributed by atoms with Gasteiger partial charge in [-0.25, -0.2) is 13.8 Å². The number of aromatic amines is 2. The average Bonchev–Trinajstić information content (AvgIpc) is 3.55. The lowest BCUT2D eigenvalue weighted by atomic mass is 10.0. The summed E-state index contributed by atoms with van der Waals surface area (Å²) in [7, 11) is 0. The third kappa shape index (κ3) is 5.33. The molecule has 3 N–H and O–H groups in total. The number of H-pyrrole nitrogens is 2. The number of fused-ring (bicyclic) bond motifs is 2. The Hall–Kier alpha value is -4.85. The molecule has 202 valence electrons. The molecule has 0 aliphatic carbocycles. The first-order valence-electron chi connectivity index (χ1n) is 13.0. The summed E-state index contributed by atoms with van der Waals surface area (Å²) in [6, 6.07) is 9.36. The van der Waals surface area contributed by atoms with Crippen molar-refractivity contribution in [2.24, 2.45) is 5.92 Å². The van der Waals surface area contributed by atoms with E-state index in [1.165, 1.54) is 6.20 Å². The first-order valence-corrected chi connectivity index (χ1v) is 13.0. The molecule has 0 unspecified atom stereocenters. The topological polar surface area (TPSA) is 82.3 Å². The maximum Gasteiger partial charge on any atom is 0.159 e. The molecule has 5 rings (SSSR count). The Morgan fingerprint density at radius 3 is 2.65 bits per heavy atom. The molecule has 0 amide bonds. The number of nitrogens with one attached hydrogen (secondary N) is 3. The Bertz CT molecular complexity index is 1810. The number of hydrogen-bond acceptors (Lipinski definition) is 4. The van der Waals surface area contributed by atoms with Crippen LogP contribution < -0.4 is 5.32 Å². The van der Waals surface area contributed by atoms with Gasteiger partial charge in [0.2, 0.25) is 0 Å². The number of halogens is 2. The minimum atomic E-state index is -0.553. The SMILES string of the molecule is C=C/C(=C\C(=C/C)c1ccc2[nH]nc(-c3nc4c(-c5cc(F)ccc5F)cncc4[nH]3)c2c1)NC(=C)CC(C)C. The zero-order valence-electron chi connectivity index (χ0n) is 22.6. The number of imidazole rings is 1. The van der Waals surface area contributed by atoms with Crippen molar-refractivity contribution in [3.63, 3.8) is 0 Å². The Morgan fingerprint density at radius 2 is 1.90 bits per heavy atom. The number of nitrogens with zero attached hydrogens (tertiary/aromatic N) is 3. The zero-order valence-corrected chi connectivity index (χ0v) is 22.6. The van der Waals surface area contributed by atoms with E-state index < -0.39 is 11.6 Å². The van der Waals surface area contributed by atoms with Crippen molar-refractivity contribution in [3.05, 3.63) is 109 Å². The van der Waals surface area contributed by atoms with Gasteiger partial charge >= 0.3 is 0 Å². The van der Waals surface area contributed by atoms with E-state index in [-0.39, 0.29) is 5.56 Å². The van der Waals surface area contributed by atoms with Gasteiger partial charge in [-0.2, -0.15) is 5.10 Å². The molecule has 0 saturated carbocycles. The maximum atomic E-state index is 14.6. The van der Waals surface area contributed by atoms with E-state index in [1.54, 1.807) is 12.3 Å². The molecule has 40 heavy (non-hydrogen) atoms. The Balaban J connectivity index is 1.54. The largest absolute Gasteiger partial charge is 0.359 e. The van der Waals surface area contributed by atoms with Crippen LogP contribution in [0, 0.1) is 17.6 Å². The number of aromatic nitrogens is 5. The lowest BCUT2D eigenvalue weighted by Gasteiger charge is -2.13. The average molecular weight is 537 g/mol. The molecule has 0 bridgehead atoms. The summed E-state index contributed by atoms with van der Waals surface area (Å²) >= 11 is 0. The quantitative estimate of drug-likeness (QED) is 0.166. The summed E-state index contributed by atoms with van der Waals surface area (Å²) in [5.41, 5.74) is 6.74. The molecule has 0 spiro atoms. The second-order valence-electron chi connectivity index (χ2n) is 10.00. The van der Waals surface area contributed by atoms with Gasteiger partial charge < -0.3 is 10.3 Å². The van der Waals surface area contributed by atoms with Crippen LogP contribution in [0.5, 0.6) is 0 Å². The molecule has 2 aromatic carbocycles. The standard InChI is InChI=1S/C32H30F2N6/c1-6-20(13-23(7-2)36-19(5)12-18(3)4)21-8-11-28-25(14-21)31(40-39-28)32-37-29-17-35-16-26(30(29)38-32)24-15-22(33)9-10-27(24)34/h6-11,13-18,36H,2,5,12H2,1,3-4H3,(H,37,38)(H,39,40)/b20-6+,23-13+. The fraction of sp³-hybridized carbons (Fsp3) is 0.156. The zero-order chi connectivity index (χ0) is 28.4. The highest BCUT2D eigenvalue weighted by Crippen LogP contribution is 2.33. The first-order chi connectivity index (χ1) is 19.3. The Kier molecular flexibility index (Phi) is 7.42. The van der Waals surface area contributed by atoms with Crippen LogP contribution in [0.2, 0.25) is 0 Å². The summed E-state index contributed by atoms with van der Waals surface area (Å²) in [6.45, 7) is 14.4. The molecule has 0 saturated heterocycles. The summed E-state index contributed by atoms with van der Waals surface area (Å²) in [6.07, 6.45) is 9.79. The molecular formula is C32H30F2N6. The highest BCUT2D eigenvalue weighted by molar-refractivity contribution is 5.98. The van der Waals surface area contributed by atoms with Gasteiger partial charge in [0.1, 0.15) is 22.8 Å². The minimum Gasteiger partial charge on any atom is -0.359 e. The minimum absolute atomic E-state index is 0.0949. The van der Waals surface area contributed by atoms with Crippen molar-refractivity contribution < 1.29 is 8.78 Å². The fourth-order valence-corrected chi connectivity index (χ4v) is 4.72. The monoisotopic (exact) mass is 536 g/mol. The lowest BCUT2D eigenvalue weighted by molar-refractivity contribution is 0.603. The predicted molar refractivity (Wildman–Crippen MR) is 158 cm³/mol. The molecule has 0 aliphatic heterocycles. The fourth-order valence-electron chi connectivity index (χ4n) is 4.72. The third-order valence-electron chi connectivity index (χ3n) is 6.55. The van der Waals surface area contributed by atoms with Crippen molar-refractivity contribution in [3.8, 4) is 22.6 Å². The van der Waals surface area contributed by atoms with Gasteiger partial charge in [0.15, 0.2) is 5.82 Å². The van der Waals surface area contributed by atoms with E-state index in [0.717, 1.165) is 58.1 Å². The first kappa shape index (κ1) is 26.7. The van der Waals surface area contributed by atoms with Gasteiger partial charge in [0.05, 0.1) is 17.2 Å². The van der Waals surface area contributed by atoms with Crippen LogP contribution in [0.4, 0.5) is 8.78 Å². The molecule has 8 heteroatoms. The summed E-state index contributed by atoms with van der Waals surface area (Å²) < 4.78 is 28.5. The van der Waals surface area contributed by atoms with Crippen molar-refractivity contribution in [1.29, 1.82) is 0 Å². The van der Waals surface area contributed by atoms with E-state index in [9.17, 15) is 8.78 Å². The van der Waals surface area contributed by atoms with E-state index >= 15 is 0 Å². The molecule has 5 aromatic rings. The van der Waals surface area contributed by atoms with Gasteiger partial charge in [0, 0.05) is 34.1 Å². The molecule has 0 aliphatic rings. The van der Waals surface area contributed by atoms with Crippen molar-refractivity contribution in [2.75, 3.05) is 0 Å². The van der Waals surface area contributed by atoms with E-state index in [0.29, 0.717) is 34.0 Å².